The maximum absolute atomic E-state index is 9.99. The largest absolute Gasteiger partial charge is 0.234 e. The van der Waals surface area contributed by atoms with Gasteiger partial charge < -0.3 is 0 Å². The lowest BCUT2D eigenvalue weighted by atomic mass is 9.74. The highest BCUT2D eigenvalue weighted by Crippen LogP contribution is 2.36. The second-order valence-electron chi connectivity index (χ2n) is 5.74. The third-order valence-electron chi connectivity index (χ3n) is 4.39. The van der Waals surface area contributed by atoms with E-state index >= 15 is 0 Å². The van der Waals surface area contributed by atoms with Crippen molar-refractivity contribution < 1.29 is 9.59 Å². The van der Waals surface area contributed by atoms with Gasteiger partial charge in [0, 0.05) is 0 Å². The van der Waals surface area contributed by atoms with E-state index in [0.29, 0.717) is 13.1 Å². The molecular formula is C16H26N2O2. The fourth-order valence-corrected chi connectivity index (χ4v) is 3.33. The number of unbranched alkanes of at least 4 members (excludes halogenated alkanes) is 2. The molecule has 0 aromatic rings. The van der Waals surface area contributed by atoms with Gasteiger partial charge in [-0.1, -0.05) is 51.4 Å². The van der Waals surface area contributed by atoms with E-state index in [9.17, 15) is 9.59 Å². The Morgan fingerprint density at radius 2 is 1.20 bits per heavy atom. The van der Waals surface area contributed by atoms with Crippen LogP contribution in [0, 0.1) is 11.8 Å². The lowest BCUT2D eigenvalue weighted by Crippen LogP contribution is -2.19. The summed E-state index contributed by atoms with van der Waals surface area (Å²) in [6, 6.07) is 0. The number of nitrogens with zero attached hydrogens (tertiary/aromatic N) is 2. The van der Waals surface area contributed by atoms with Crippen LogP contribution in [-0.2, 0) is 9.59 Å². The molecule has 0 aromatic heterocycles. The molecule has 0 saturated heterocycles. The van der Waals surface area contributed by atoms with Gasteiger partial charge in [-0.3, -0.25) is 0 Å². The van der Waals surface area contributed by atoms with Gasteiger partial charge in [-0.05, 0) is 24.7 Å². The molecule has 4 nitrogen and oxygen atoms in total. The first-order valence-corrected chi connectivity index (χ1v) is 7.95. The predicted octanol–water partition coefficient (Wildman–Crippen LogP) is 3.81. The summed E-state index contributed by atoms with van der Waals surface area (Å²) >= 11 is 0. The third-order valence-corrected chi connectivity index (χ3v) is 4.39. The molecule has 0 spiro atoms. The van der Waals surface area contributed by atoms with E-state index in [1.807, 2.05) is 0 Å². The molecule has 1 rings (SSSR count). The van der Waals surface area contributed by atoms with Gasteiger partial charge in [-0.2, -0.15) is 0 Å². The van der Waals surface area contributed by atoms with Crippen molar-refractivity contribution in [1.29, 1.82) is 0 Å². The number of carbonyl (C=O) groups excluding carboxylic acids is 2. The Kier molecular flexibility index (Phi) is 9.73. The summed E-state index contributed by atoms with van der Waals surface area (Å²) in [5.74, 6) is 1.69. The van der Waals surface area contributed by atoms with Gasteiger partial charge in [-0.15, -0.1) is 0 Å². The molecule has 0 heterocycles. The van der Waals surface area contributed by atoms with Gasteiger partial charge in [0.05, 0.1) is 13.1 Å². The Morgan fingerprint density at radius 1 is 0.750 bits per heavy atom. The van der Waals surface area contributed by atoms with Crippen LogP contribution in [0.1, 0.15) is 64.2 Å². The van der Waals surface area contributed by atoms with Gasteiger partial charge in [0.1, 0.15) is 0 Å². The van der Waals surface area contributed by atoms with Crippen molar-refractivity contribution in [3.8, 4) is 0 Å². The average molecular weight is 278 g/mol. The van der Waals surface area contributed by atoms with Crippen molar-refractivity contribution in [2.75, 3.05) is 13.1 Å². The molecule has 0 amide bonds. The van der Waals surface area contributed by atoms with E-state index in [1.165, 1.54) is 51.4 Å². The molecular weight excluding hydrogens is 252 g/mol. The van der Waals surface area contributed by atoms with Crippen LogP contribution in [0.2, 0.25) is 0 Å². The van der Waals surface area contributed by atoms with E-state index in [1.54, 1.807) is 12.2 Å². The van der Waals surface area contributed by atoms with Crippen LogP contribution in [0.15, 0.2) is 9.98 Å². The van der Waals surface area contributed by atoms with Crippen LogP contribution < -0.4 is 0 Å². The van der Waals surface area contributed by atoms with Crippen LogP contribution in [0.25, 0.3) is 0 Å². The first-order chi connectivity index (χ1) is 9.88. The van der Waals surface area contributed by atoms with Crippen LogP contribution in [0.4, 0.5) is 0 Å². The van der Waals surface area contributed by atoms with E-state index in [0.717, 1.165) is 24.7 Å². The Morgan fingerprint density at radius 3 is 1.60 bits per heavy atom. The molecule has 0 aromatic carbocycles. The minimum Gasteiger partial charge on any atom is -0.211 e. The van der Waals surface area contributed by atoms with Crippen molar-refractivity contribution in [2.24, 2.45) is 21.8 Å². The van der Waals surface area contributed by atoms with Gasteiger partial charge >= 0.3 is 0 Å². The second-order valence-corrected chi connectivity index (χ2v) is 5.74. The summed E-state index contributed by atoms with van der Waals surface area (Å²) in [5.41, 5.74) is 0. The monoisotopic (exact) mass is 278 g/mol. The van der Waals surface area contributed by atoms with E-state index < -0.39 is 0 Å². The molecule has 2 unspecified atom stereocenters. The first-order valence-electron chi connectivity index (χ1n) is 7.95. The van der Waals surface area contributed by atoms with Crippen molar-refractivity contribution in [3.05, 3.63) is 0 Å². The van der Waals surface area contributed by atoms with E-state index in [4.69, 9.17) is 0 Å². The summed E-state index contributed by atoms with van der Waals surface area (Å²) in [5, 5.41) is 0. The summed E-state index contributed by atoms with van der Waals surface area (Å²) in [6.45, 7) is 1.26. The SMILES string of the molecule is O=C=NCCCCC1CCCCC1CCCCN=C=O. The van der Waals surface area contributed by atoms with Crippen LogP contribution in [0.5, 0.6) is 0 Å². The summed E-state index contributed by atoms with van der Waals surface area (Å²) in [6.07, 6.45) is 15.5. The standard InChI is InChI=1S/C16H26N2O2/c19-13-17-11-5-3-9-15-7-1-2-8-16(15)10-4-6-12-18-14-20/h15-16H,1-12H2. The molecule has 20 heavy (non-hydrogen) atoms. The molecule has 4 heteroatoms. The minimum absolute atomic E-state index is 0.630. The third kappa shape index (κ3) is 7.37. The zero-order chi connectivity index (χ0) is 14.5. The number of aliphatic imine (C=N–C) groups is 2. The van der Waals surface area contributed by atoms with Gasteiger partial charge in [-0.25, -0.2) is 19.6 Å². The number of hydrogen-bond acceptors (Lipinski definition) is 4. The Hall–Kier alpha value is -1.24. The van der Waals surface area contributed by atoms with Crippen molar-refractivity contribution in [1.82, 2.24) is 0 Å². The van der Waals surface area contributed by atoms with E-state index in [2.05, 4.69) is 9.98 Å². The highest BCUT2D eigenvalue weighted by atomic mass is 16.1. The van der Waals surface area contributed by atoms with Crippen molar-refractivity contribution >= 4 is 12.2 Å². The molecule has 0 radical (unpaired) electrons. The average Bonchev–Trinajstić information content (AvgIpc) is 2.48. The van der Waals surface area contributed by atoms with Gasteiger partial charge in [0.15, 0.2) is 0 Å². The molecule has 0 bridgehead atoms. The number of hydrogen-bond donors (Lipinski definition) is 0. The molecule has 0 N–H and O–H groups in total. The predicted molar refractivity (Wildman–Crippen MR) is 79.1 cm³/mol. The zero-order valence-corrected chi connectivity index (χ0v) is 12.4. The number of isocyanates is 2. The lowest BCUT2D eigenvalue weighted by Gasteiger charge is -2.31. The smallest absolute Gasteiger partial charge is 0.211 e. The Bertz CT molecular complexity index is 310. The second kappa shape index (κ2) is 11.6. The zero-order valence-electron chi connectivity index (χ0n) is 12.4. The van der Waals surface area contributed by atoms with Crippen molar-refractivity contribution in [3.63, 3.8) is 0 Å². The fraction of sp³-hybridized carbons (Fsp3) is 0.875. The molecule has 1 fully saturated rings. The van der Waals surface area contributed by atoms with E-state index in [-0.39, 0.29) is 0 Å². The fourth-order valence-electron chi connectivity index (χ4n) is 3.33. The summed E-state index contributed by atoms with van der Waals surface area (Å²) in [4.78, 5) is 27.2. The summed E-state index contributed by atoms with van der Waals surface area (Å²) in [7, 11) is 0. The maximum atomic E-state index is 9.99. The van der Waals surface area contributed by atoms with Crippen LogP contribution in [0.3, 0.4) is 0 Å². The molecule has 1 saturated carbocycles. The lowest BCUT2D eigenvalue weighted by molar-refractivity contribution is 0.203. The van der Waals surface area contributed by atoms with Crippen molar-refractivity contribution in [2.45, 2.75) is 64.2 Å². The molecule has 1 aliphatic rings. The molecule has 2 atom stereocenters. The molecule has 1 aliphatic carbocycles. The summed E-state index contributed by atoms with van der Waals surface area (Å²) < 4.78 is 0. The minimum atomic E-state index is 0.630. The topological polar surface area (TPSA) is 58.9 Å². The Labute approximate surface area is 121 Å². The highest BCUT2D eigenvalue weighted by Gasteiger charge is 2.23. The normalized spacial score (nSPS) is 21.8. The molecule has 0 aliphatic heterocycles. The highest BCUT2D eigenvalue weighted by molar-refractivity contribution is 5.32. The van der Waals surface area contributed by atoms with Gasteiger partial charge in [0.2, 0.25) is 12.2 Å². The van der Waals surface area contributed by atoms with Crippen LogP contribution in [-0.4, -0.2) is 25.2 Å². The first kappa shape index (κ1) is 16.8. The Balaban J connectivity index is 2.19. The molecule has 112 valence electrons. The van der Waals surface area contributed by atoms with Crippen LogP contribution >= 0.6 is 0 Å². The maximum Gasteiger partial charge on any atom is 0.234 e. The number of rotatable bonds is 10. The van der Waals surface area contributed by atoms with Gasteiger partial charge in [0.25, 0.3) is 0 Å². The quantitative estimate of drug-likeness (QED) is 0.346.